The molecule has 2 aromatic carbocycles. The zero-order valence-electron chi connectivity index (χ0n) is 15.2. The molecule has 0 aliphatic carbocycles. The van der Waals surface area contributed by atoms with Gasteiger partial charge in [0, 0.05) is 30.7 Å². The second-order valence-corrected chi connectivity index (χ2v) is 6.93. The lowest BCUT2D eigenvalue weighted by Gasteiger charge is -2.12. The van der Waals surface area contributed by atoms with Crippen molar-refractivity contribution in [1.29, 1.82) is 0 Å². The summed E-state index contributed by atoms with van der Waals surface area (Å²) >= 11 is 3.39. The van der Waals surface area contributed by atoms with Gasteiger partial charge in [0.05, 0.1) is 12.2 Å². The van der Waals surface area contributed by atoms with Gasteiger partial charge in [-0.3, -0.25) is 9.59 Å². The lowest BCUT2D eigenvalue weighted by molar-refractivity contribution is -0.128. The number of carbonyl (C=O) groups excluding carboxylic acids is 2. The third kappa shape index (κ3) is 5.59. The number of halogens is 1. The number of hydrogen-bond donors (Lipinski definition) is 1. The number of aryl methyl sites for hydroxylation is 1. The van der Waals surface area contributed by atoms with E-state index in [9.17, 15) is 9.59 Å². The summed E-state index contributed by atoms with van der Waals surface area (Å²) in [6.07, 6.45) is 1.06. The first-order valence-electron chi connectivity index (χ1n) is 8.43. The van der Waals surface area contributed by atoms with Gasteiger partial charge in [0.25, 0.3) is 5.91 Å². The van der Waals surface area contributed by atoms with Crippen LogP contribution in [0.15, 0.2) is 46.9 Å². The third-order valence-corrected chi connectivity index (χ3v) is 4.29. The largest absolute Gasteiger partial charge is 0.493 e. The highest BCUT2D eigenvalue weighted by atomic mass is 79.9. The minimum atomic E-state index is -0.240. The molecule has 0 saturated heterocycles. The van der Waals surface area contributed by atoms with E-state index < -0.39 is 0 Å². The first-order chi connectivity index (χ1) is 12.4. The number of nitrogens with one attached hydrogen (secondary N) is 1. The second kappa shape index (κ2) is 9.38. The molecule has 26 heavy (non-hydrogen) atoms. The fourth-order valence-electron chi connectivity index (χ4n) is 2.44. The van der Waals surface area contributed by atoms with Gasteiger partial charge in [-0.15, -0.1) is 0 Å². The van der Waals surface area contributed by atoms with E-state index in [1.54, 1.807) is 31.1 Å². The van der Waals surface area contributed by atoms with E-state index in [4.69, 9.17) is 4.74 Å². The van der Waals surface area contributed by atoms with Gasteiger partial charge >= 0.3 is 0 Å². The van der Waals surface area contributed by atoms with E-state index in [1.165, 1.54) is 0 Å². The van der Waals surface area contributed by atoms with Gasteiger partial charge in [0.15, 0.2) is 0 Å². The van der Waals surface area contributed by atoms with Crippen LogP contribution in [0.25, 0.3) is 0 Å². The van der Waals surface area contributed by atoms with Crippen LogP contribution >= 0.6 is 15.9 Å². The number of nitrogens with zero attached hydrogens (tertiary/aromatic N) is 1. The standard InChI is InChI=1S/C20H23BrN2O3/c1-4-26-18-10-9-15(21)13-17(18)20(25)22-16-7-5-6-14(12-16)8-11-19(24)23(2)3/h5-7,9-10,12-13H,4,8,11H2,1-3H3,(H,22,25). The van der Waals surface area contributed by atoms with Crippen molar-refractivity contribution in [3.8, 4) is 5.75 Å². The summed E-state index contributed by atoms with van der Waals surface area (Å²) in [4.78, 5) is 26.0. The summed E-state index contributed by atoms with van der Waals surface area (Å²) in [5.41, 5.74) is 2.15. The monoisotopic (exact) mass is 418 g/mol. The molecule has 138 valence electrons. The molecule has 0 unspecified atom stereocenters. The highest BCUT2D eigenvalue weighted by Crippen LogP contribution is 2.24. The van der Waals surface area contributed by atoms with Gasteiger partial charge < -0.3 is 15.0 Å². The summed E-state index contributed by atoms with van der Waals surface area (Å²) in [6.45, 7) is 2.36. The van der Waals surface area contributed by atoms with Crippen molar-refractivity contribution in [1.82, 2.24) is 4.90 Å². The van der Waals surface area contributed by atoms with Gasteiger partial charge in [0.2, 0.25) is 5.91 Å². The Morgan fingerprint density at radius 2 is 1.92 bits per heavy atom. The summed E-state index contributed by atoms with van der Waals surface area (Å²) in [7, 11) is 3.49. The summed E-state index contributed by atoms with van der Waals surface area (Å²) in [6, 6.07) is 12.9. The van der Waals surface area contributed by atoms with Gasteiger partial charge in [-0.1, -0.05) is 28.1 Å². The SMILES string of the molecule is CCOc1ccc(Br)cc1C(=O)Nc1cccc(CCC(=O)N(C)C)c1. The van der Waals surface area contributed by atoms with Crippen LogP contribution in [0, 0.1) is 0 Å². The molecule has 0 aromatic heterocycles. The molecule has 0 atom stereocenters. The molecular formula is C20H23BrN2O3. The normalized spacial score (nSPS) is 10.3. The highest BCUT2D eigenvalue weighted by Gasteiger charge is 2.14. The molecule has 0 aliphatic rings. The third-order valence-electron chi connectivity index (χ3n) is 3.80. The van der Waals surface area contributed by atoms with Crippen LogP contribution in [0.5, 0.6) is 5.75 Å². The molecule has 0 bridgehead atoms. The minimum absolute atomic E-state index is 0.0786. The Morgan fingerprint density at radius 1 is 1.15 bits per heavy atom. The van der Waals surface area contributed by atoms with E-state index in [1.807, 2.05) is 37.3 Å². The summed E-state index contributed by atoms with van der Waals surface area (Å²) in [5, 5.41) is 2.90. The summed E-state index contributed by atoms with van der Waals surface area (Å²) in [5.74, 6) is 0.382. The smallest absolute Gasteiger partial charge is 0.259 e. The fraction of sp³-hybridized carbons (Fsp3) is 0.300. The van der Waals surface area contributed by atoms with Gasteiger partial charge in [-0.05, 0) is 49.2 Å². The lowest BCUT2D eigenvalue weighted by Crippen LogP contribution is -2.21. The topological polar surface area (TPSA) is 58.6 Å². The molecule has 0 spiro atoms. The van der Waals surface area contributed by atoms with Gasteiger partial charge in [-0.25, -0.2) is 0 Å². The lowest BCUT2D eigenvalue weighted by atomic mass is 10.1. The van der Waals surface area contributed by atoms with Crippen molar-refractivity contribution in [3.05, 3.63) is 58.1 Å². The molecular weight excluding hydrogens is 396 g/mol. The van der Waals surface area contributed by atoms with E-state index in [0.717, 1.165) is 10.0 Å². The quantitative estimate of drug-likeness (QED) is 0.735. The van der Waals surface area contributed by atoms with Crippen molar-refractivity contribution >= 4 is 33.4 Å². The Hall–Kier alpha value is -2.34. The van der Waals surface area contributed by atoms with Crippen LogP contribution in [0.1, 0.15) is 29.3 Å². The zero-order valence-corrected chi connectivity index (χ0v) is 16.8. The molecule has 2 aromatic rings. The zero-order chi connectivity index (χ0) is 19.1. The average molecular weight is 419 g/mol. The number of amides is 2. The van der Waals surface area contributed by atoms with Crippen molar-refractivity contribution in [2.45, 2.75) is 19.8 Å². The van der Waals surface area contributed by atoms with E-state index in [-0.39, 0.29) is 11.8 Å². The maximum absolute atomic E-state index is 12.7. The first kappa shape index (κ1) is 20.0. The van der Waals surface area contributed by atoms with Crippen molar-refractivity contribution in [2.75, 3.05) is 26.0 Å². The van der Waals surface area contributed by atoms with Crippen LogP contribution in [0.2, 0.25) is 0 Å². The molecule has 2 rings (SSSR count). The van der Waals surface area contributed by atoms with Crippen LogP contribution in [0.4, 0.5) is 5.69 Å². The molecule has 0 aliphatic heterocycles. The summed E-state index contributed by atoms with van der Waals surface area (Å²) < 4.78 is 6.35. The Labute approximate surface area is 162 Å². The molecule has 6 heteroatoms. The average Bonchev–Trinajstić information content (AvgIpc) is 2.61. The first-order valence-corrected chi connectivity index (χ1v) is 9.22. The Morgan fingerprint density at radius 3 is 2.62 bits per heavy atom. The molecule has 0 saturated carbocycles. The number of benzene rings is 2. The Balaban J connectivity index is 2.11. The Bertz CT molecular complexity index is 790. The van der Waals surface area contributed by atoms with Crippen molar-refractivity contribution in [2.24, 2.45) is 0 Å². The Kier molecular flexibility index (Phi) is 7.21. The molecule has 2 amide bonds. The molecule has 0 radical (unpaired) electrons. The van der Waals surface area contributed by atoms with Crippen molar-refractivity contribution in [3.63, 3.8) is 0 Å². The van der Waals surface area contributed by atoms with Crippen LogP contribution < -0.4 is 10.1 Å². The van der Waals surface area contributed by atoms with Gasteiger partial charge in [-0.2, -0.15) is 0 Å². The predicted octanol–water partition coefficient (Wildman–Crippen LogP) is 4.12. The molecule has 1 N–H and O–H groups in total. The molecule has 0 fully saturated rings. The van der Waals surface area contributed by atoms with E-state index in [2.05, 4.69) is 21.2 Å². The van der Waals surface area contributed by atoms with Gasteiger partial charge in [0.1, 0.15) is 5.75 Å². The molecule has 5 nitrogen and oxygen atoms in total. The number of anilines is 1. The predicted molar refractivity (Wildman–Crippen MR) is 107 cm³/mol. The van der Waals surface area contributed by atoms with Crippen LogP contribution in [-0.4, -0.2) is 37.4 Å². The number of hydrogen-bond acceptors (Lipinski definition) is 3. The number of carbonyl (C=O) groups is 2. The fourth-order valence-corrected chi connectivity index (χ4v) is 2.80. The second-order valence-electron chi connectivity index (χ2n) is 6.02. The number of rotatable bonds is 7. The maximum atomic E-state index is 12.7. The molecule has 0 heterocycles. The van der Waals surface area contributed by atoms with Crippen LogP contribution in [-0.2, 0) is 11.2 Å². The van der Waals surface area contributed by atoms with Crippen molar-refractivity contribution < 1.29 is 14.3 Å². The van der Waals surface area contributed by atoms with Crippen LogP contribution in [0.3, 0.4) is 0 Å². The number of ether oxygens (including phenoxy) is 1. The highest BCUT2D eigenvalue weighted by molar-refractivity contribution is 9.10. The minimum Gasteiger partial charge on any atom is -0.493 e. The maximum Gasteiger partial charge on any atom is 0.259 e. The van der Waals surface area contributed by atoms with E-state index >= 15 is 0 Å². The van der Waals surface area contributed by atoms with E-state index in [0.29, 0.717) is 36.4 Å².